The van der Waals surface area contributed by atoms with E-state index in [9.17, 15) is 4.79 Å². The summed E-state index contributed by atoms with van der Waals surface area (Å²) >= 11 is 6.13. The highest BCUT2D eigenvalue weighted by atomic mass is 35.5. The fourth-order valence-electron chi connectivity index (χ4n) is 3.24. The molecular formula is C19H20ClN3O4. The summed E-state index contributed by atoms with van der Waals surface area (Å²) in [5.74, 6) is 2.11. The molecule has 27 heavy (non-hydrogen) atoms. The number of fused-ring (bicyclic) bond motifs is 1. The Kier molecular flexibility index (Phi) is 4.85. The molecular weight excluding hydrogens is 370 g/mol. The topological polar surface area (TPSA) is 63.3 Å². The number of piperazine rings is 1. The zero-order valence-electron chi connectivity index (χ0n) is 14.9. The predicted molar refractivity (Wildman–Crippen MR) is 103 cm³/mol. The molecule has 2 aromatic carbocycles. The molecule has 142 valence electrons. The summed E-state index contributed by atoms with van der Waals surface area (Å²) in [4.78, 5) is 16.5. The van der Waals surface area contributed by atoms with E-state index in [1.54, 1.807) is 36.3 Å². The van der Waals surface area contributed by atoms with Crippen LogP contribution in [0.1, 0.15) is 0 Å². The van der Waals surface area contributed by atoms with Crippen LogP contribution in [0.25, 0.3) is 0 Å². The number of halogens is 1. The average molecular weight is 390 g/mol. The number of nitrogens with one attached hydrogen (secondary N) is 1. The molecule has 2 aliphatic heterocycles. The van der Waals surface area contributed by atoms with Crippen molar-refractivity contribution in [3.63, 3.8) is 0 Å². The predicted octanol–water partition coefficient (Wildman–Crippen LogP) is 3.43. The Bertz CT molecular complexity index is 853. The van der Waals surface area contributed by atoms with Crippen molar-refractivity contribution in [2.75, 3.05) is 50.3 Å². The Balaban J connectivity index is 1.38. The number of nitrogens with zero attached hydrogens (tertiary/aromatic N) is 2. The van der Waals surface area contributed by atoms with Crippen LogP contribution in [-0.4, -0.2) is 51.0 Å². The zero-order chi connectivity index (χ0) is 18.8. The van der Waals surface area contributed by atoms with Gasteiger partial charge in [-0.1, -0.05) is 11.6 Å². The molecule has 4 rings (SSSR count). The maximum Gasteiger partial charge on any atom is 0.321 e. The molecule has 1 fully saturated rings. The summed E-state index contributed by atoms with van der Waals surface area (Å²) in [7, 11) is 1.64. The first kappa shape index (κ1) is 17.6. The van der Waals surface area contributed by atoms with Gasteiger partial charge in [0.15, 0.2) is 11.5 Å². The Morgan fingerprint density at radius 1 is 1.07 bits per heavy atom. The lowest BCUT2D eigenvalue weighted by Crippen LogP contribution is -2.50. The number of benzene rings is 2. The Labute approximate surface area is 162 Å². The van der Waals surface area contributed by atoms with Gasteiger partial charge in [-0.05, 0) is 30.3 Å². The van der Waals surface area contributed by atoms with Gasteiger partial charge in [0.2, 0.25) is 6.79 Å². The van der Waals surface area contributed by atoms with E-state index in [1.807, 2.05) is 12.1 Å². The van der Waals surface area contributed by atoms with Crippen LogP contribution in [0.2, 0.25) is 5.02 Å². The standard InChI is InChI=1S/C19H20ClN3O4/c1-25-16-4-2-13(20)10-15(16)22-6-8-23(9-7-22)19(24)21-14-3-5-17-18(11-14)27-12-26-17/h2-5,10-11H,6-9,12H2,1H3,(H,21,24). The van der Waals surface area contributed by atoms with Crippen LogP contribution < -0.4 is 24.4 Å². The highest BCUT2D eigenvalue weighted by Crippen LogP contribution is 2.34. The molecule has 0 radical (unpaired) electrons. The fraction of sp³-hybridized carbons (Fsp3) is 0.316. The molecule has 0 spiro atoms. The molecule has 0 saturated carbocycles. The van der Waals surface area contributed by atoms with Crippen molar-refractivity contribution in [3.05, 3.63) is 41.4 Å². The lowest BCUT2D eigenvalue weighted by atomic mass is 10.2. The molecule has 0 aliphatic carbocycles. The number of carbonyl (C=O) groups is 1. The second-order valence-corrected chi connectivity index (χ2v) is 6.72. The quantitative estimate of drug-likeness (QED) is 0.871. The molecule has 2 aliphatic rings. The summed E-state index contributed by atoms with van der Waals surface area (Å²) in [5, 5.41) is 3.58. The number of carbonyl (C=O) groups excluding carboxylic acids is 1. The molecule has 7 nitrogen and oxygen atoms in total. The van der Waals surface area contributed by atoms with E-state index < -0.39 is 0 Å². The van der Waals surface area contributed by atoms with Gasteiger partial charge in [-0.25, -0.2) is 4.79 Å². The normalized spacial score (nSPS) is 15.6. The number of rotatable bonds is 3. The van der Waals surface area contributed by atoms with Crippen LogP contribution in [0.5, 0.6) is 17.2 Å². The minimum Gasteiger partial charge on any atom is -0.495 e. The molecule has 1 N–H and O–H groups in total. The Hall–Kier alpha value is -2.80. The second-order valence-electron chi connectivity index (χ2n) is 6.29. The summed E-state index contributed by atoms with van der Waals surface area (Å²) < 4.78 is 16.1. The number of amides is 2. The van der Waals surface area contributed by atoms with Gasteiger partial charge in [-0.3, -0.25) is 0 Å². The SMILES string of the molecule is COc1ccc(Cl)cc1N1CCN(C(=O)Nc2ccc3c(c2)OCO3)CC1. The van der Waals surface area contributed by atoms with Crippen molar-refractivity contribution < 1.29 is 19.0 Å². The van der Waals surface area contributed by atoms with Crippen molar-refractivity contribution in [1.29, 1.82) is 0 Å². The number of hydrogen-bond acceptors (Lipinski definition) is 5. The van der Waals surface area contributed by atoms with Crippen LogP contribution in [0.3, 0.4) is 0 Å². The minimum atomic E-state index is -0.133. The van der Waals surface area contributed by atoms with Crippen LogP contribution in [0.4, 0.5) is 16.2 Å². The highest BCUT2D eigenvalue weighted by Gasteiger charge is 2.24. The van der Waals surface area contributed by atoms with Crippen molar-refractivity contribution in [2.45, 2.75) is 0 Å². The molecule has 2 amide bonds. The minimum absolute atomic E-state index is 0.133. The summed E-state index contributed by atoms with van der Waals surface area (Å²) in [6.45, 7) is 2.82. The number of hydrogen-bond donors (Lipinski definition) is 1. The zero-order valence-corrected chi connectivity index (χ0v) is 15.7. The molecule has 0 atom stereocenters. The number of urea groups is 1. The number of ether oxygens (including phenoxy) is 3. The van der Waals surface area contributed by atoms with Gasteiger partial charge in [0.1, 0.15) is 5.75 Å². The lowest BCUT2D eigenvalue weighted by molar-refractivity contribution is 0.174. The molecule has 0 aromatic heterocycles. The Morgan fingerprint density at radius 3 is 2.63 bits per heavy atom. The van der Waals surface area contributed by atoms with Gasteiger partial charge in [-0.15, -0.1) is 0 Å². The first-order valence-corrected chi connectivity index (χ1v) is 9.06. The van der Waals surface area contributed by atoms with E-state index in [2.05, 4.69) is 10.2 Å². The third kappa shape index (κ3) is 3.68. The van der Waals surface area contributed by atoms with E-state index in [1.165, 1.54) is 0 Å². The lowest BCUT2D eigenvalue weighted by Gasteiger charge is -2.36. The maximum absolute atomic E-state index is 12.6. The van der Waals surface area contributed by atoms with Crippen LogP contribution in [-0.2, 0) is 0 Å². The van der Waals surface area contributed by atoms with E-state index in [0.29, 0.717) is 48.4 Å². The van der Waals surface area contributed by atoms with Crippen LogP contribution in [0, 0.1) is 0 Å². The monoisotopic (exact) mass is 389 g/mol. The first-order valence-electron chi connectivity index (χ1n) is 8.68. The summed E-state index contributed by atoms with van der Waals surface area (Å²) in [5.41, 5.74) is 1.63. The largest absolute Gasteiger partial charge is 0.495 e. The molecule has 8 heteroatoms. The molecule has 0 unspecified atom stereocenters. The fourth-order valence-corrected chi connectivity index (χ4v) is 3.40. The average Bonchev–Trinajstić information content (AvgIpc) is 3.16. The van der Waals surface area contributed by atoms with Crippen LogP contribution in [0.15, 0.2) is 36.4 Å². The summed E-state index contributed by atoms with van der Waals surface area (Å²) in [6.07, 6.45) is 0. The maximum atomic E-state index is 12.6. The molecule has 0 bridgehead atoms. The van der Waals surface area contributed by atoms with Crippen molar-refractivity contribution in [2.24, 2.45) is 0 Å². The van der Waals surface area contributed by atoms with Gasteiger partial charge in [-0.2, -0.15) is 0 Å². The third-order valence-corrected chi connectivity index (χ3v) is 4.91. The highest BCUT2D eigenvalue weighted by molar-refractivity contribution is 6.30. The molecule has 2 aromatic rings. The second kappa shape index (κ2) is 7.44. The molecule has 1 saturated heterocycles. The van der Waals surface area contributed by atoms with E-state index in [4.69, 9.17) is 25.8 Å². The number of methoxy groups -OCH3 is 1. The van der Waals surface area contributed by atoms with Gasteiger partial charge < -0.3 is 29.3 Å². The van der Waals surface area contributed by atoms with Crippen molar-refractivity contribution in [1.82, 2.24) is 4.90 Å². The smallest absolute Gasteiger partial charge is 0.321 e. The van der Waals surface area contributed by atoms with Crippen LogP contribution >= 0.6 is 11.6 Å². The van der Waals surface area contributed by atoms with E-state index in [0.717, 1.165) is 11.4 Å². The van der Waals surface area contributed by atoms with Crippen molar-refractivity contribution in [3.8, 4) is 17.2 Å². The third-order valence-electron chi connectivity index (χ3n) is 4.67. The Morgan fingerprint density at radius 2 is 1.85 bits per heavy atom. The van der Waals surface area contributed by atoms with Gasteiger partial charge >= 0.3 is 6.03 Å². The molecule has 2 heterocycles. The van der Waals surface area contributed by atoms with Crippen molar-refractivity contribution >= 4 is 29.0 Å². The van der Waals surface area contributed by atoms with Gasteiger partial charge in [0.25, 0.3) is 0 Å². The number of anilines is 2. The van der Waals surface area contributed by atoms with E-state index in [-0.39, 0.29) is 12.8 Å². The first-order chi connectivity index (χ1) is 13.1. The van der Waals surface area contributed by atoms with Gasteiger partial charge in [0, 0.05) is 43.0 Å². The van der Waals surface area contributed by atoms with Gasteiger partial charge in [0.05, 0.1) is 12.8 Å². The van der Waals surface area contributed by atoms with E-state index >= 15 is 0 Å². The summed E-state index contributed by atoms with van der Waals surface area (Å²) in [6, 6.07) is 10.8.